The quantitative estimate of drug-likeness (QED) is 0.688. The molecule has 114 valence electrons. The molecule has 0 saturated heterocycles. The van der Waals surface area contributed by atoms with Gasteiger partial charge in [0, 0.05) is 28.4 Å². The van der Waals surface area contributed by atoms with Gasteiger partial charge in [0.05, 0.1) is 0 Å². The molecule has 2 aromatic carbocycles. The van der Waals surface area contributed by atoms with Gasteiger partial charge < -0.3 is 16.0 Å². The van der Waals surface area contributed by atoms with E-state index in [-0.39, 0.29) is 11.0 Å². The molecule has 4 N–H and O–H groups in total. The molecule has 3 rings (SSSR count). The highest BCUT2D eigenvalue weighted by Gasteiger charge is 2.13. The molecule has 0 radical (unpaired) electrons. The molecule has 3 aromatic rings. The van der Waals surface area contributed by atoms with E-state index < -0.39 is 11.8 Å². The summed E-state index contributed by atoms with van der Waals surface area (Å²) in [6.07, 6.45) is 1.39. The molecule has 0 fully saturated rings. The Morgan fingerprint density at radius 3 is 2.39 bits per heavy atom. The van der Waals surface area contributed by atoms with Crippen molar-refractivity contribution < 1.29 is 9.59 Å². The van der Waals surface area contributed by atoms with Crippen LogP contribution in [0.1, 0.15) is 20.7 Å². The average Bonchev–Trinajstić information content (AvgIpc) is 2.56. The van der Waals surface area contributed by atoms with Gasteiger partial charge >= 0.3 is 0 Å². The second-order valence-corrected chi connectivity index (χ2v) is 4.97. The monoisotopic (exact) mass is 307 g/mol. The normalized spacial score (nSPS) is 10.4. The van der Waals surface area contributed by atoms with Crippen molar-refractivity contribution in [3.05, 3.63) is 76.1 Å². The van der Waals surface area contributed by atoms with Crippen molar-refractivity contribution in [2.45, 2.75) is 0 Å². The van der Waals surface area contributed by atoms with Gasteiger partial charge in [-0.1, -0.05) is 12.1 Å². The Bertz CT molecular complexity index is 959. The van der Waals surface area contributed by atoms with Crippen molar-refractivity contribution in [1.29, 1.82) is 0 Å². The number of aromatic amines is 1. The third-order valence-corrected chi connectivity index (χ3v) is 3.46. The maximum Gasteiger partial charge on any atom is 0.261 e. The number of carbonyl (C=O) groups excluding carboxylic acids is 2. The van der Waals surface area contributed by atoms with E-state index in [2.05, 4.69) is 10.3 Å². The summed E-state index contributed by atoms with van der Waals surface area (Å²) < 4.78 is 0. The molecule has 6 heteroatoms. The van der Waals surface area contributed by atoms with Crippen LogP contribution in [0.3, 0.4) is 0 Å². The first-order valence-corrected chi connectivity index (χ1v) is 6.88. The first-order chi connectivity index (χ1) is 11.1. The first-order valence-electron chi connectivity index (χ1n) is 6.88. The third-order valence-electron chi connectivity index (χ3n) is 3.46. The lowest BCUT2D eigenvalue weighted by Crippen LogP contribution is -2.22. The van der Waals surface area contributed by atoms with Gasteiger partial charge in [0.15, 0.2) is 0 Å². The molecule has 0 saturated carbocycles. The number of para-hydroxylation sites is 1. The number of hydrogen-bond donors (Lipinski definition) is 3. The van der Waals surface area contributed by atoms with Gasteiger partial charge in [-0.05, 0) is 36.4 Å². The van der Waals surface area contributed by atoms with Crippen LogP contribution < -0.4 is 16.5 Å². The second kappa shape index (κ2) is 5.76. The minimum atomic E-state index is -0.547. The summed E-state index contributed by atoms with van der Waals surface area (Å²) in [6, 6.07) is 13.1. The number of anilines is 1. The number of H-pyrrole nitrogens is 1. The van der Waals surface area contributed by atoms with Crippen LogP contribution in [0.4, 0.5) is 5.69 Å². The summed E-state index contributed by atoms with van der Waals surface area (Å²) in [4.78, 5) is 38.6. The third kappa shape index (κ3) is 2.82. The number of nitrogens with two attached hydrogens (primary N) is 1. The minimum Gasteiger partial charge on any atom is -0.366 e. The highest BCUT2D eigenvalue weighted by Crippen LogP contribution is 2.12. The zero-order chi connectivity index (χ0) is 16.4. The Morgan fingerprint density at radius 2 is 1.70 bits per heavy atom. The Morgan fingerprint density at radius 1 is 1.00 bits per heavy atom. The standard InChI is InChI=1S/C17H13N3O3/c18-16(22)10-5-7-11(8-6-10)20-17(23)13-9-19-14-4-2-1-3-12(14)15(13)21/h1-9H,(H2,18,22)(H,19,21)(H,20,23). The van der Waals surface area contributed by atoms with Crippen LogP contribution >= 0.6 is 0 Å². The zero-order valence-corrected chi connectivity index (χ0v) is 12.0. The summed E-state index contributed by atoms with van der Waals surface area (Å²) in [5, 5.41) is 3.07. The lowest BCUT2D eigenvalue weighted by Gasteiger charge is -2.06. The first kappa shape index (κ1) is 14.5. The molecular formula is C17H13N3O3. The van der Waals surface area contributed by atoms with Crippen LogP contribution in [0.2, 0.25) is 0 Å². The van der Waals surface area contributed by atoms with Crippen molar-refractivity contribution in [1.82, 2.24) is 4.98 Å². The molecule has 0 aliphatic rings. The summed E-state index contributed by atoms with van der Waals surface area (Å²) in [5.74, 6) is -1.07. The molecule has 23 heavy (non-hydrogen) atoms. The molecule has 1 aromatic heterocycles. The van der Waals surface area contributed by atoms with E-state index in [1.54, 1.807) is 36.4 Å². The van der Waals surface area contributed by atoms with Gasteiger partial charge in [-0.25, -0.2) is 0 Å². The fourth-order valence-corrected chi connectivity index (χ4v) is 2.25. The van der Waals surface area contributed by atoms with E-state index in [0.717, 1.165) is 0 Å². The number of hydrogen-bond acceptors (Lipinski definition) is 3. The lowest BCUT2D eigenvalue weighted by molar-refractivity contribution is 0.0998. The summed E-state index contributed by atoms with van der Waals surface area (Å²) >= 11 is 0. The molecule has 1 heterocycles. The fourth-order valence-electron chi connectivity index (χ4n) is 2.25. The van der Waals surface area contributed by atoms with Crippen molar-refractivity contribution in [2.75, 3.05) is 5.32 Å². The highest BCUT2D eigenvalue weighted by atomic mass is 16.2. The topological polar surface area (TPSA) is 105 Å². The van der Waals surface area contributed by atoms with Gasteiger partial charge in [-0.15, -0.1) is 0 Å². The van der Waals surface area contributed by atoms with Gasteiger partial charge in [-0.2, -0.15) is 0 Å². The smallest absolute Gasteiger partial charge is 0.261 e. The SMILES string of the molecule is NC(=O)c1ccc(NC(=O)c2c[nH]c3ccccc3c2=O)cc1. The Labute approximate surface area is 130 Å². The maximum atomic E-state index is 12.4. The number of primary amides is 1. The number of nitrogens with one attached hydrogen (secondary N) is 2. The van der Waals surface area contributed by atoms with Crippen molar-refractivity contribution in [3.63, 3.8) is 0 Å². The van der Waals surface area contributed by atoms with Crippen LogP contribution in [0.5, 0.6) is 0 Å². The predicted octanol–water partition coefficient (Wildman–Crippen LogP) is 1.88. The molecule has 0 aliphatic carbocycles. The molecule has 0 bridgehead atoms. The summed E-state index contributed by atoms with van der Waals surface area (Å²) in [7, 11) is 0. The molecule has 0 atom stereocenters. The van der Waals surface area contributed by atoms with E-state index in [1.807, 2.05) is 0 Å². The van der Waals surface area contributed by atoms with Crippen LogP contribution in [0.15, 0.2) is 59.5 Å². The number of rotatable bonds is 3. The van der Waals surface area contributed by atoms with E-state index in [1.165, 1.54) is 18.3 Å². The Balaban J connectivity index is 1.90. The van der Waals surface area contributed by atoms with E-state index in [0.29, 0.717) is 22.2 Å². The molecule has 2 amide bonds. The molecular weight excluding hydrogens is 294 g/mol. The Kier molecular flexibility index (Phi) is 3.64. The molecule has 0 unspecified atom stereocenters. The van der Waals surface area contributed by atoms with Crippen molar-refractivity contribution in [2.24, 2.45) is 5.73 Å². The number of fused-ring (bicyclic) bond motifs is 1. The Hall–Kier alpha value is -3.41. The fraction of sp³-hybridized carbons (Fsp3) is 0. The van der Waals surface area contributed by atoms with E-state index >= 15 is 0 Å². The number of amides is 2. The molecule has 6 nitrogen and oxygen atoms in total. The number of pyridine rings is 1. The van der Waals surface area contributed by atoms with Crippen LogP contribution in [0, 0.1) is 0 Å². The number of benzene rings is 2. The molecule has 0 spiro atoms. The van der Waals surface area contributed by atoms with Crippen molar-refractivity contribution >= 4 is 28.4 Å². The second-order valence-electron chi connectivity index (χ2n) is 4.97. The highest BCUT2D eigenvalue weighted by molar-refractivity contribution is 6.05. The summed E-state index contributed by atoms with van der Waals surface area (Å²) in [5.41, 5.74) is 6.30. The maximum absolute atomic E-state index is 12.4. The number of carbonyl (C=O) groups is 2. The minimum absolute atomic E-state index is 0.0164. The molecule has 0 aliphatic heterocycles. The van der Waals surface area contributed by atoms with Gasteiger partial charge in [0.25, 0.3) is 5.91 Å². The van der Waals surface area contributed by atoms with Gasteiger partial charge in [0.2, 0.25) is 11.3 Å². The largest absolute Gasteiger partial charge is 0.366 e. The lowest BCUT2D eigenvalue weighted by atomic mass is 10.1. The van der Waals surface area contributed by atoms with Crippen LogP contribution in [-0.4, -0.2) is 16.8 Å². The van der Waals surface area contributed by atoms with Gasteiger partial charge in [-0.3, -0.25) is 14.4 Å². The zero-order valence-electron chi connectivity index (χ0n) is 12.0. The average molecular weight is 307 g/mol. The van der Waals surface area contributed by atoms with Crippen molar-refractivity contribution in [3.8, 4) is 0 Å². The predicted molar refractivity (Wildman–Crippen MR) is 87.5 cm³/mol. The van der Waals surface area contributed by atoms with E-state index in [4.69, 9.17) is 5.73 Å². The number of aromatic nitrogens is 1. The van der Waals surface area contributed by atoms with E-state index in [9.17, 15) is 14.4 Å². The summed E-state index contributed by atoms with van der Waals surface area (Å²) in [6.45, 7) is 0. The van der Waals surface area contributed by atoms with Crippen LogP contribution in [-0.2, 0) is 0 Å². The van der Waals surface area contributed by atoms with Crippen LogP contribution in [0.25, 0.3) is 10.9 Å². The van der Waals surface area contributed by atoms with Gasteiger partial charge in [0.1, 0.15) is 5.56 Å².